The van der Waals surface area contributed by atoms with Crippen LogP contribution in [0.1, 0.15) is 18.7 Å². The summed E-state index contributed by atoms with van der Waals surface area (Å²) in [5.41, 5.74) is 3.32. The molecule has 0 bridgehead atoms. The van der Waals surface area contributed by atoms with E-state index >= 15 is 0 Å². The summed E-state index contributed by atoms with van der Waals surface area (Å²) in [5, 5.41) is 12.4. The predicted octanol–water partition coefficient (Wildman–Crippen LogP) is 3.46. The van der Waals surface area contributed by atoms with Crippen LogP contribution < -0.4 is 5.32 Å². The van der Waals surface area contributed by atoms with Gasteiger partial charge in [0.05, 0.1) is 11.4 Å². The van der Waals surface area contributed by atoms with Gasteiger partial charge in [0.25, 0.3) is 0 Å². The van der Waals surface area contributed by atoms with Crippen molar-refractivity contribution in [2.75, 3.05) is 11.9 Å². The Bertz CT molecular complexity index is 776. The third kappa shape index (κ3) is 1.91. The molecule has 0 spiro atoms. The van der Waals surface area contributed by atoms with Crippen molar-refractivity contribution in [1.29, 1.82) is 0 Å². The molecule has 21 heavy (non-hydrogen) atoms. The first kappa shape index (κ1) is 12.1. The molecule has 1 atom stereocenters. The fourth-order valence-electron chi connectivity index (χ4n) is 2.80. The number of para-hydroxylation sites is 2. The van der Waals surface area contributed by atoms with E-state index in [1.165, 1.54) is 0 Å². The molecule has 4 heteroatoms. The van der Waals surface area contributed by atoms with Crippen molar-refractivity contribution in [1.82, 2.24) is 14.8 Å². The summed E-state index contributed by atoms with van der Waals surface area (Å²) >= 11 is 0. The quantitative estimate of drug-likeness (QED) is 0.740. The normalized spacial score (nSPS) is 16.5. The Morgan fingerprint density at radius 3 is 2.62 bits per heavy atom. The van der Waals surface area contributed by atoms with E-state index in [0.29, 0.717) is 5.92 Å². The number of rotatable bonds is 1. The molecule has 2 aromatic carbocycles. The lowest BCUT2D eigenvalue weighted by molar-refractivity contribution is 0.725. The van der Waals surface area contributed by atoms with Gasteiger partial charge < -0.3 is 5.32 Å². The molecular weight excluding hydrogens is 260 g/mol. The average Bonchev–Trinajstić information content (AvgIpc) is 2.93. The predicted molar refractivity (Wildman–Crippen MR) is 83.7 cm³/mol. The lowest BCUT2D eigenvalue weighted by Crippen LogP contribution is -2.09. The molecule has 0 radical (unpaired) electrons. The van der Waals surface area contributed by atoms with Crippen LogP contribution in [-0.2, 0) is 0 Å². The van der Waals surface area contributed by atoms with Gasteiger partial charge in [0.1, 0.15) is 5.82 Å². The van der Waals surface area contributed by atoms with E-state index in [4.69, 9.17) is 0 Å². The van der Waals surface area contributed by atoms with Gasteiger partial charge >= 0.3 is 0 Å². The molecule has 0 aliphatic carbocycles. The smallest absolute Gasteiger partial charge is 0.168 e. The van der Waals surface area contributed by atoms with Gasteiger partial charge in [-0.3, -0.25) is 4.57 Å². The average molecular weight is 276 g/mol. The third-order valence-electron chi connectivity index (χ3n) is 3.90. The Hall–Kier alpha value is -2.62. The highest BCUT2D eigenvalue weighted by Crippen LogP contribution is 2.32. The first-order valence-corrected chi connectivity index (χ1v) is 7.18. The summed E-state index contributed by atoms with van der Waals surface area (Å²) in [6.45, 7) is 3.04. The summed E-state index contributed by atoms with van der Waals surface area (Å²) in [6, 6.07) is 18.5. The standard InChI is InChI=1S/C17H16N4/c1-12-11-18-14-9-5-6-10-15(14)21-16(12)19-20-17(21)13-7-3-2-4-8-13/h2-10,12,18H,11H2,1H3/t12-/m0/s1. The minimum Gasteiger partial charge on any atom is -0.383 e. The van der Waals surface area contributed by atoms with E-state index in [0.717, 1.165) is 35.1 Å². The lowest BCUT2D eigenvalue weighted by atomic mass is 10.1. The molecule has 1 aliphatic heterocycles. The van der Waals surface area contributed by atoms with Crippen molar-refractivity contribution in [3.8, 4) is 17.1 Å². The van der Waals surface area contributed by atoms with E-state index < -0.39 is 0 Å². The van der Waals surface area contributed by atoms with Crippen LogP contribution >= 0.6 is 0 Å². The van der Waals surface area contributed by atoms with Crippen LogP contribution in [0.3, 0.4) is 0 Å². The number of hydrogen-bond donors (Lipinski definition) is 1. The summed E-state index contributed by atoms with van der Waals surface area (Å²) in [4.78, 5) is 0. The molecule has 104 valence electrons. The van der Waals surface area contributed by atoms with Crippen LogP contribution in [-0.4, -0.2) is 21.3 Å². The van der Waals surface area contributed by atoms with E-state index in [-0.39, 0.29) is 0 Å². The van der Waals surface area contributed by atoms with Crippen LogP contribution in [0.5, 0.6) is 0 Å². The molecule has 0 amide bonds. The highest BCUT2D eigenvalue weighted by Gasteiger charge is 2.24. The summed E-state index contributed by atoms with van der Waals surface area (Å²) in [6.07, 6.45) is 0. The zero-order valence-electron chi connectivity index (χ0n) is 11.8. The number of nitrogens with zero attached hydrogens (tertiary/aromatic N) is 3. The maximum Gasteiger partial charge on any atom is 0.168 e. The molecule has 1 N–H and O–H groups in total. The van der Waals surface area contributed by atoms with Gasteiger partial charge in [-0.2, -0.15) is 0 Å². The fourth-order valence-corrected chi connectivity index (χ4v) is 2.80. The SMILES string of the molecule is C[C@H]1CNc2ccccc2-n2c(-c3ccccc3)nnc21. The Morgan fingerprint density at radius 2 is 1.76 bits per heavy atom. The topological polar surface area (TPSA) is 42.7 Å². The van der Waals surface area contributed by atoms with E-state index in [1.54, 1.807) is 0 Å². The number of anilines is 1. The van der Waals surface area contributed by atoms with Crippen molar-refractivity contribution < 1.29 is 0 Å². The minimum absolute atomic E-state index is 0.308. The third-order valence-corrected chi connectivity index (χ3v) is 3.90. The highest BCUT2D eigenvalue weighted by molar-refractivity contribution is 5.68. The zero-order valence-corrected chi connectivity index (χ0v) is 11.8. The second-order valence-corrected chi connectivity index (χ2v) is 5.38. The molecular formula is C17H16N4. The largest absolute Gasteiger partial charge is 0.383 e. The Labute approximate surface area is 123 Å². The van der Waals surface area contributed by atoms with Crippen LogP contribution in [0.25, 0.3) is 17.1 Å². The highest BCUT2D eigenvalue weighted by atomic mass is 15.3. The first-order valence-electron chi connectivity index (χ1n) is 7.18. The van der Waals surface area contributed by atoms with E-state index in [1.807, 2.05) is 24.3 Å². The monoisotopic (exact) mass is 276 g/mol. The number of benzene rings is 2. The summed E-state index contributed by atoms with van der Waals surface area (Å²) in [5.74, 6) is 2.21. The molecule has 0 fully saturated rings. The van der Waals surface area contributed by atoms with Gasteiger partial charge in [-0.1, -0.05) is 49.4 Å². The minimum atomic E-state index is 0.308. The van der Waals surface area contributed by atoms with Crippen LogP contribution in [0.2, 0.25) is 0 Å². The van der Waals surface area contributed by atoms with Gasteiger partial charge in [0.2, 0.25) is 0 Å². The molecule has 4 nitrogen and oxygen atoms in total. The maximum absolute atomic E-state index is 4.45. The molecule has 1 aromatic heterocycles. The second kappa shape index (κ2) is 4.74. The molecule has 3 aromatic rings. The zero-order chi connectivity index (χ0) is 14.2. The maximum atomic E-state index is 4.45. The molecule has 4 rings (SSSR count). The fraction of sp³-hybridized carbons (Fsp3) is 0.176. The number of aromatic nitrogens is 3. The van der Waals surface area contributed by atoms with Crippen LogP contribution in [0.15, 0.2) is 54.6 Å². The lowest BCUT2D eigenvalue weighted by Gasteiger charge is -2.11. The number of nitrogens with one attached hydrogen (secondary N) is 1. The van der Waals surface area contributed by atoms with Gasteiger partial charge in [-0.05, 0) is 12.1 Å². The van der Waals surface area contributed by atoms with Crippen molar-refractivity contribution in [2.24, 2.45) is 0 Å². The van der Waals surface area contributed by atoms with E-state index in [9.17, 15) is 0 Å². The van der Waals surface area contributed by atoms with Crippen LogP contribution in [0, 0.1) is 0 Å². The van der Waals surface area contributed by atoms with Crippen molar-refractivity contribution in [3.63, 3.8) is 0 Å². The summed E-state index contributed by atoms with van der Waals surface area (Å²) in [7, 11) is 0. The molecule has 0 unspecified atom stereocenters. The van der Waals surface area contributed by atoms with Gasteiger partial charge in [0, 0.05) is 18.0 Å². The van der Waals surface area contributed by atoms with Crippen molar-refractivity contribution in [3.05, 3.63) is 60.4 Å². The van der Waals surface area contributed by atoms with Gasteiger partial charge in [0.15, 0.2) is 5.82 Å². The number of hydrogen-bond acceptors (Lipinski definition) is 3. The Morgan fingerprint density at radius 1 is 1.00 bits per heavy atom. The molecule has 0 saturated carbocycles. The van der Waals surface area contributed by atoms with Crippen LogP contribution in [0.4, 0.5) is 5.69 Å². The van der Waals surface area contributed by atoms with Gasteiger partial charge in [-0.25, -0.2) is 0 Å². The van der Waals surface area contributed by atoms with Gasteiger partial charge in [-0.15, -0.1) is 10.2 Å². The van der Waals surface area contributed by atoms with Crippen molar-refractivity contribution >= 4 is 5.69 Å². The Kier molecular flexibility index (Phi) is 2.74. The Balaban J connectivity index is 2.00. The second-order valence-electron chi connectivity index (χ2n) is 5.38. The number of fused-ring (bicyclic) bond motifs is 3. The van der Waals surface area contributed by atoms with Crippen molar-refractivity contribution in [2.45, 2.75) is 12.8 Å². The van der Waals surface area contributed by atoms with E-state index in [2.05, 4.69) is 57.3 Å². The molecule has 2 heterocycles. The molecule has 1 aliphatic rings. The molecule has 0 saturated heterocycles. The summed E-state index contributed by atoms with van der Waals surface area (Å²) < 4.78 is 2.18. The first-order chi connectivity index (χ1) is 10.3.